The van der Waals surface area contributed by atoms with Gasteiger partial charge in [0.25, 0.3) is 0 Å². The quantitative estimate of drug-likeness (QED) is 0.148. The van der Waals surface area contributed by atoms with Crippen molar-refractivity contribution in [2.75, 3.05) is 0 Å². The minimum Gasteiger partial charge on any atom is -0.144 e. The highest BCUT2D eigenvalue weighted by molar-refractivity contribution is 7.34. The monoisotopic (exact) mass is 506 g/mol. The molecule has 0 aliphatic rings. The molecule has 0 amide bonds. The summed E-state index contributed by atoms with van der Waals surface area (Å²) >= 11 is 4.21. The van der Waals surface area contributed by atoms with Crippen molar-refractivity contribution in [1.82, 2.24) is 0 Å². The highest BCUT2D eigenvalue weighted by Gasteiger charge is 2.27. The van der Waals surface area contributed by atoms with Crippen LogP contribution in [0, 0.1) is 0 Å². The lowest BCUT2D eigenvalue weighted by Gasteiger charge is -2.21. The van der Waals surface area contributed by atoms with Crippen LogP contribution >= 0.6 is 22.7 Å². The zero-order valence-electron chi connectivity index (χ0n) is 22.0. The van der Waals surface area contributed by atoms with E-state index < -0.39 is 16.1 Å². The van der Waals surface area contributed by atoms with Gasteiger partial charge in [0.05, 0.1) is 16.1 Å². The third-order valence-electron chi connectivity index (χ3n) is 7.10. The average molecular weight is 507 g/mol. The molecule has 32 heavy (non-hydrogen) atoms. The predicted octanol–water partition coefficient (Wildman–Crippen LogP) is 10.0. The summed E-state index contributed by atoms with van der Waals surface area (Å²) in [5.41, 5.74) is 0. The van der Waals surface area contributed by atoms with Gasteiger partial charge in [-0.25, -0.2) is 0 Å². The zero-order valence-corrected chi connectivity index (χ0v) is 25.7. The first-order valence-electron chi connectivity index (χ1n) is 13.5. The van der Waals surface area contributed by atoms with Crippen LogP contribution in [-0.4, -0.2) is 16.1 Å². The molecule has 2 rings (SSSR count). The van der Waals surface area contributed by atoms with E-state index in [2.05, 4.69) is 87.0 Å². The van der Waals surface area contributed by atoms with Gasteiger partial charge < -0.3 is 0 Å². The number of thiophene rings is 2. The predicted molar refractivity (Wildman–Crippen MR) is 158 cm³/mol. The molecular formula is C28H50S2Si2. The first kappa shape index (κ1) is 28.1. The fraction of sp³-hybridized carbons (Fsp3) is 0.714. The van der Waals surface area contributed by atoms with E-state index in [-0.39, 0.29) is 0 Å². The fourth-order valence-corrected chi connectivity index (χ4v) is 13.5. The van der Waals surface area contributed by atoms with Crippen molar-refractivity contribution >= 4 is 47.8 Å². The van der Waals surface area contributed by atoms with Gasteiger partial charge in [-0.15, -0.1) is 22.7 Å². The summed E-state index contributed by atoms with van der Waals surface area (Å²) in [4.78, 5) is 3.04. The number of unbranched alkanes of at least 4 members (excludes halogenated alkanes) is 10. The minimum absolute atomic E-state index is 1.29. The molecule has 0 spiro atoms. The highest BCUT2D eigenvalue weighted by atomic mass is 32.1. The molecule has 0 saturated carbocycles. The van der Waals surface area contributed by atoms with Gasteiger partial charge in [0.1, 0.15) is 0 Å². The van der Waals surface area contributed by atoms with E-state index in [0.29, 0.717) is 0 Å². The molecule has 0 atom stereocenters. The van der Waals surface area contributed by atoms with Crippen molar-refractivity contribution in [3.8, 4) is 9.75 Å². The molecule has 2 heterocycles. The van der Waals surface area contributed by atoms with E-state index in [9.17, 15) is 0 Å². The number of hydrogen-bond donors (Lipinski definition) is 0. The van der Waals surface area contributed by atoms with E-state index in [1.165, 1.54) is 98.9 Å². The molecule has 182 valence electrons. The second kappa shape index (κ2) is 14.3. The van der Waals surface area contributed by atoms with Crippen molar-refractivity contribution in [3.05, 3.63) is 24.3 Å². The normalized spacial score (nSPS) is 12.6. The Morgan fingerprint density at radius 1 is 0.500 bits per heavy atom. The maximum atomic E-state index is 2.59. The van der Waals surface area contributed by atoms with Crippen LogP contribution in [0.15, 0.2) is 24.3 Å². The van der Waals surface area contributed by atoms with Crippen molar-refractivity contribution < 1.29 is 0 Å². The van der Waals surface area contributed by atoms with E-state index in [1.807, 2.05) is 0 Å². The van der Waals surface area contributed by atoms with Crippen LogP contribution in [0.5, 0.6) is 0 Å². The van der Waals surface area contributed by atoms with Crippen LogP contribution in [0.25, 0.3) is 9.75 Å². The number of rotatable bonds is 17. The Bertz CT molecular complexity index is 693. The molecule has 2 aromatic rings. The summed E-state index contributed by atoms with van der Waals surface area (Å²) in [7, 11) is -2.58. The zero-order chi connectivity index (χ0) is 23.5. The Kier molecular flexibility index (Phi) is 12.5. The molecule has 0 nitrogen and oxygen atoms in total. The van der Waals surface area contributed by atoms with Crippen LogP contribution in [0.2, 0.25) is 38.3 Å². The van der Waals surface area contributed by atoms with Crippen molar-refractivity contribution in [2.24, 2.45) is 0 Å². The Hall–Kier alpha value is -0.166. The maximum absolute atomic E-state index is 2.59. The fourth-order valence-electron chi connectivity index (χ4n) is 4.61. The Morgan fingerprint density at radius 3 is 1.22 bits per heavy atom. The van der Waals surface area contributed by atoms with Crippen LogP contribution in [0.4, 0.5) is 0 Å². The largest absolute Gasteiger partial charge is 0.144 e. The highest BCUT2D eigenvalue weighted by Crippen LogP contribution is 2.31. The molecule has 0 aliphatic heterocycles. The van der Waals surface area contributed by atoms with Crippen molar-refractivity contribution in [3.63, 3.8) is 0 Å². The first-order chi connectivity index (χ1) is 15.3. The Morgan fingerprint density at radius 2 is 0.844 bits per heavy atom. The molecule has 0 fully saturated rings. The summed E-state index contributed by atoms with van der Waals surface area (Å²) in [6.07, 6.45) is 17.0. The van der Waals surface area contributed by atoms with E-state index in [0.717, 1.165) is 0 Å². The third kappa shape index (κ3) is 9.23. The topological polar surface area (TPSA) is 0 Å². The lowest BCUT2D eigenvalue weighted by Crippen LogP contribution is -2.38. The molecule has 0 radical (unpaired) electrons. The summed E-state index contributed by atoms with van der Waals surface area (Å²) in [6, 6.07) is 12.7. The SMILES string of the molecule is CCCCCCCC[Si](C)(C)c1ccc(-c2ccc([Si](C)(C)CCCCCCCC)s2)s1. The standard InChI is InChI=1S/C28H50S2Si2/c1-7-9-11-13-15-17-23-31(3,4)27-21-19-25(29-27)26-20-22-28(30-26)32(5,6)24-18-16-14-12-10-8-2/h19-22H,7-18,23-24H2,1-6H3. The van der Waals surface area contributed by atoms with Gasteiger partial charge in [0.2, 0.25) is 0 Å². The van der Waals surface area contributed by atoms with E-state index in [4.69, 9.17) is 0 Å². The van der Waals surface area contributed by atoms with Gasteiger partial charge in [-0.05, 0) is 21.1 Å². The molecular weight excluding hydrogens is 457 g/mol. The van der Waals surface area contributed by atoms with Crippen LogP contribution in [-0.2, 0) is 0 Å². The summed E-state index contributed by atoms with van der Waals surface area (Å²) < 4.78 is 3.42. The lowest BCUT2D eigenvalue weighted by atomic mass is 10.1. The molecule has 0 aromatic carbocycles. The van der Waals surface area contributed by atoms with E-state index in [1.54, 1.807) is 9.00 Å². The van der Waals surface area contributed by atoms with Gasteiger partial charge in [-0.3, -0.25) is 0 Å². The van der Waals surface area contributed by atoms with Crippen LogP contribution < -0.4 is 9.00 Å². The van der Waals surface area contributed by atoms with E-state index >= 15 is 0 Å². The molecule has 0 N–H and O–H groups in total. The first-order valence-corrected chi connectivity index (χ1v) is 21.6. The van der Waals surface area contributed by atoms with Gasteiger partial charge in [0.15, 0.2) is 0 Å². The molecule has 0 aliphatic carbocycles. The lowest BCUT2D eigenvalue weighted by molar-refractivity contribution is 0.623. The summed E-state index contributed by atoms with van der Waals surface area (Å²) in [6.45, 7) is 15.0. The molecule has 2 aromatic heterocycles. The second-order valence-corrected chi connectivity index (χ2v) is 23.6. The second-order valence-electron chi connectivity index (χ2n) is 11.1. The third-order valence-corrected chi connectivity index (χ3v) is 19.2. The minimum atomic E-state index is -1.29. The van der Waals surface area contributed by atoms with Gasteiger partial charge in [-0.2, -0.15) is 0 Å². The van der Waals surface area contributed by atoms with Crippen LogP contribution in [0.1, 0.15) is 90.9 Å². The Balaban J connectivity index is 1.88. The van der Waals surface area contributed by atoms with Gasteiger partial charge in [-0.1, -0.05) is 141 Å². The van der Waals surface area contributed by atoms with Crippen molar-refractivity contribution in [2.45, 2.75) is 129 Å². The van der Waals surface area contributed by atoms with Gasteiger partial charge >= 0.3 is 0 Å². The van der Waals surface area contributed by atoms with Crippen LogP contribution in [0.3, 0.4) is 0 Å². The summed E-state index contributed by atoms with van der Waals surface area (Å²) in [5, 5.41) is 0. The van der Waals surface area contributed by atoms with Crippen molar-refractivity contribution in [1.29, 1.82) is 0 Å². The molecule has 0 saturated heterocycles. The molecule has 0 unspecified atom stereocenters. The molecule has 0 bridgehead atoms. The molecule has 4 heteroatoms. The number of hydrogen-bond acceptors (Lipinski definition) is 2. The van der Waals surface area contributed by atoms with Gasteiger partial charge in [0, 0.05) is 9.75 Å². The average Bonchev–Trinajstić information content (AvgIpc) is 3.43. The smallest absolute Gasteiger partial charge is 0.0934 e. The Labute approximate surface area is 210 Å². The maximum Gasteiger partial charge on any atom is 0.0934 e. The summed E-state index contributed by atoms with van der Waals surface area (Å²) in [5.74, 6) is 0.